The molecule has 0 amide bonds. The molecule has 3 rings (SSSR count). The van der Waals surface area contributed by atoms with E-state index >= 15 is 0 Å². The third kappa shape index (κ3) is 3.66. The Labute approximate surface area is 161 Å². The number of ether oxygens (including phenoxy) is 1. The number of halogens is 4. The lowest BCUT2D eigenvalue weighted by molar-refractivity contribution is 0.300. The molecule has 0 atom stereocenters. The first kappa shape index (κ1) is 19.3. The van der Waals surface area contributed by atoms with E-state index in [0.717, 1.165) is 30.5 Å². The number of nitrogens with zero attached hydrogens (tertiary/aromatic N) is 1. The number of aromatic nitrogens is 1. The second kappa shape index (κ2) is 7.66. The molecule has 3 aromatic rings. The first-order valence-corrected chi connectivity index (χ1v) is 8.10. The van der Waals surface area contributed by atoms with Crippen molar-refractivity contribution >= 4 is 11.6 Å². The number of hydrogen-bond donors (Lipinski definition) is 2. The molecule has 0 fully saturated rings. The number of nitrogens with one attached hydrogen (secondary N) is 1. The van der Waals surface area contributed by atoms with Crippen molar-refractivity contribution in [2.75, 3.05) is 0 Å². The minimum atomic E-state index is -0.961. The van der Waals surface area contributed by atoms with Crippen LogP contribution >= 0.6 is 11.6 Å². The maximum Gasteiger partial charge on any atom is 0.270 e. The summed E-state index contributed by atoms with van der Waals surface area (Å²) in [7, 11) is 0. The molecule has 28 heavy (non-hydrogen) atoms. The topological polar surface area (TPSA) is 86.1 Å². The fourth-order valence-corrected chi connectivity index (χ4v) is 2.74. The van der Waals surface area contributed by atoms with Crippen LogP contribution in [0.4, 0.5) is 13.2 Å². The average molecular weight is 407 g/mol. The lowest BCUT2D eigenvalue weighted by Crippen LogP contribution is -2.10. The molecule has 0 unspecified atom stereocenters. The molecule has 0 aliphatic carbocycles. The van der Waals surface area contributed by atoms with Crippen molar-refractivity contribution in [2.45, 2.75) is 6.61 Å². The second-order valence-corrected chi connectivity index (χ2v) is 6.04. The molecule has 2 aromatic carbocycles. The lowest BCUT2D eigenvalue weighted by atomic mass is 10.0. The zero-order chi connectivity index (χ0) is 20.4. The molecule has 0 aliphatic heterocycles. The van der Waals surface area contributed by atoms with Gasteiger partial charge in [0.05, 0.1) is 17.2 Å². The fraction of sp³-hybridized carbons (Fsp3) is 0.0526. The van der Waals surface area contributed by atoms with Crippen LogP contribution in [0.3, 0.4) is 0 Å². The van der Waals surface area contributed by atoms with Crippen molar-refractivity contribution in [1.82, 2.24) is 4.98 Å². The van der Waals surface area contributed by atoms with Gasteiger partial charge in [-0.05, 0) is 24.3 Å². The average Bonchev–Trinajstić information content (AvgIpc) is 2.64. The minimum Gasteiger partial charge on any atom is -0.507 e. The molecular formula is C19H10ClF3N2O3. The molecule has 0 radical (unpaired) electrons. The van der Waals surface area contributed by atoms with Gasteiger partial charge in [0.25, 0.3) is 5.56 Å². The Morgan fingerprint density at radius 2 is 1.93 bits per heavy atom. The van der Waals surface area contributed by atoms with E-state index in [1.165, 1.54) is 0 Å². The van der Waals surface area contributed by atoms with E-state index in [1.807, 2.05) is 0 Å². The number of pyridine rings is 1. The van der Waals surface area contributed by atoms with E-state index < -0.39 is 40.4 Å². The molecular weight excluding hydrogens is 397 g/mol. The van der Waals surface area contributed by atoms with Crippen LogP contribution in [0.1, 0.15) is 11.1 Å². The molecule has 5 nitrogen and oxygen atoms in total. The van der Waals surface area contributed by atoms with Gasteiger partial charge in [-0.25, -0.2) is 13.2 Å². The zero-order valence-electron chi connectivity index (χ0n) is 13.9. The van der Waals surface area contributed by atoms with E-state index in [9.17, 15) is 23.1 Å². The molecule has 0 aliphatic rings. The summed E-state index contributed by atoms with van der Waals surface area (Å²) in [5.74, 6) is -3.52. The largest absolute Gasteiger partial charge is 0.507 e. The van der Waals surface area contributed by atoms with Gasteiger partial charge in [-0.15, -0.1) is 0 Å². The van der Waals surface area contributed by atoms with Gasteiger partial charge in [0.15, 0.2) is 5.75 Å². The Morgan fingerprint density at radius 1 is 1.18 bits per heavy atom. The zero-order valence-corrected chi connectivity index (χ0v) is 14.6. The Balaban J connectivity index is 2.09. The highest BCUT2D eigenvalue weighted by Gasteiger charge is 2.21. The summed E-state index contributed by atoms with van der Waals surface area (Å²) in [5, 5.41) is 18.5. The van der Waals surface area contributed by atoms with Gasteiger partial charge in [0, 0.05) is 23.4 Å². The quantitative estimate of drug-likeness (QED) is 0.677. The normalized spacial score (nSPS) is 10.5. The van der Waals surface area contributed by atoms with Gasteiger partial charge in [0.2, 0.25) is 0 Å². The van der Waals surface area contributed by atoms with Crippen LogP contribution in [0, 0.1) is 28.8 Å². The molecule has 0 saturated heterocycles. The van der Waals surface area contributed by atoms with Gasteiger partial charge < -0.3 is 14.8 Å². The van der Waals surface area contributed by atoms with Gasteiger partial charge in [0.1, 0.15) is 34.8 Å². The van der Waals surface area contributed by atoms with Crippen LogP contribution in [-0.2, 0) is 6.61 Å². The molecule has 9 heteroatoms. The van der Waals surface area contributed by atoms with E-state index in [2.05, 4.69) is 4.98 Å². The first-order chi connectivity index (χ1) is 13.3. The molecule has 142 valence electrons. The number of nitriles is 1. The maximum absolute atomic E-state index is 14.5. The standard InChI is InChI=1S/C19H10ClF3N2O3/c20-17-18(28-8-10-1-2-11(21)5-13(10)22)12(7-25-19(17)27)16-14(23)3-9(6-24)4-15(16)26/h1-5,7,26H,8H2,(H,25,27). The Kier molecular flexibility index (Phi) is 5.29. The number of phenolic OH excluding ortho intramolecular Hbond substituents is 1. The summed E-state index contributed by atoms with van der Waals surface area (Å²) in [6.45, 7) is -0.444. The summed E-state index contributed by atoms with van der Waals surface area (Å²) < 4.78 is 46.7. The van der Waals surface area contributed by atoms with E-state index in [4.69, 9.17) is 21.6 Å². The van der Waals surface area contributed by atoms with E-state index in [-0.39, 0.29) is 28.0 Å². The van der Waals surface area contributed by atoms with Crippen molar-refractivity contribution in [3.8, 4) is 28.7 Å². The second-order valence-electron chi connectivity index (χ2n) is 5.66. The molecule has 2 N–H and O–H groups in total. The predicted molar refractivity (Wildman–Crippen MR) is 94.5 cm³/mol. The van der Waals surface area contributed by atoms with Crippen LogP contribution < -0.4 is 10.3 Å². The number of H-pyrrole nitrogens is 1. The highest BCUT2D eigenvalue weighted by atomic mass is 35.5. The molecule has 1 aromatic heterocycles. The summed E-state index contributed by atoms with van der Waals surface area (Å²) >= 11 is 5.96. The van der Waals surface area contributed by atoms with Crippen LogP contribution in [-0.4, -0.2) is 10.1 Å². The number of rotatable bonds is 4. The lowest BCUT2D eigenvalue weighted by Gasteiger charge is -2.15. The van der Waals surface area contributed by atoms with Gasteiger partial charge >= 0.3 is 0 Å². The number of aromatic hydroxyl groups is 1. The fourth-order valence-electron chi connectivity index (χ4n) is 2.53. The van der Waals surface area contributed by atoms with Crippen LogP contribution in [0.5, 0.6) is 11.5 Å². The number of benzene rings is 2. The molecule has 0 saturated carbocycles. The first-order valence-electron chi connectivity index (χ1n) is 7.72. The van der Waals surface area contributed by atoms with Crippen molar-refractivity contribution in [1.29, 1.82) is 5.26 Å². The van der Waals surface area contributed by atoms with Crippen molar-refractivity contribution < 1.29 is 23.0 Å². The predicted octanol–water partition coefficient (Wildman–Crippen LogP) is 4.27. The Bertz CT molecular complexity index is 1150. The number of hydrogen-bond acceptors (Lipinski definition) is 4. The Morgan fingerprint density at radius 3 is 2.57 bits per heavy atom. The van der Waals surface area contributed by atoms with Gasteiger partial charge in [-0.1, -0.05) is 11.6 Å². The van der Waals surface area contributed by atoms with Crippen LogP contribution in [0.2, 0.25) is 5.02 Å². The van der Waals surface area contributed by atoms with E-state index in [1.54, 1.807) is 6.07 Å². The number of phenols is 1. The summed E-state index contributed by atoms with van der Waals surface area (Å²) in [5.41, 5.74) is -1.40. The van der Waals surface area contributed by atoms with Gasteiger partial charge in [-0.3, -0.25) is 4.79 Å². The van der Waals surface area contributed by atoms with Crippen LogP contribution in [0.25, 0.3) is 11.1 Å². The smallest absolute Gasteiger partial charge is 0.270 e. The summed E-state index contributed by atoms with van der Waals surface area (Å²) in [6.07, 6.45) is 1.06. The van der Waals surface area contributed by atoms with Gasteiger partial charge in [-0.2, -0.15) is 5.26 Å². The van der Waals surface area contributed by atoms with Crippen molar-refractivity contribution in [3.63, 3.8) is 0 Å². The third-order valence-corrected chi connectivity index (χ3v) is 4.19. The monoisotopic (exact) mass is 406 g/mol. The van der Waals surface area contributed by atoms with Crippen molar-refractivity contribution in [2.24, 2.45) is 0 Å². The molecule has 0 bridgehead atoms. The highest BCUT2D eigenvalue weighted by Crippen LogP contribution is 2.40. The highest BCUT2D eigenvalue weighted by molar-refractivity contribution is 6.32. The van der Waals surface area contributed by atoms with E-state index in [0.29, 0.717) is 6.07 Å². The number of aromatic amines is 1. The molecule has 0 spiro atoms. The minimum absolute atomic E-state index is 0.0341. The summed E-state index contributed by atoms with van der Waals surface area (Å²) in [4.78, 5) is 14.1. The maximum atomic E-state index is 14.5. The SMILES string of the molecule is N#Cc1cc(O)c(-c2c[nH]c(=O)c(Cl)c2OCc2ccc(F)cc2F)c(F)c1. The third-order valence-electron chi connectivity index (χ3n) is 3.85. The van der Waals surface area contributed by atoms with Crippen LogP contribution in [0.15, 0.2) is 41.3 Å². The molecule has 1 heterocycles. The van der Waals surface area contributed by atoms with Crippen molar-refractivity contribution in [3.05, 3.63) is 80.5 Å². The summed E-state index contributed by atoms with van der Waals surface area (Å²) in [6, 6.07) is 6.43. The Hall–Kier alpha value is -3.44.